The summed E-state index contributed by atoms with van der Waals surface area (Å²) in [7, 11) is 0. The van der Waals surface area contributed by atoms with Gasteiger partial charge in [0.1, 0.15) is 23.6 Å². The minimum absolute atomic E-state index is 0.0245. The predicted molar refractivity (Wildman–Crippen MR) is 59.2 cm³/mol. The minimum Gasteiger partial charge on any atom is -0.394 e. The number of carbonyl (C=O) groups excluding carboxylic acids is 1. The molecule has 1 heterocycles. The fraction of sp³-hybridized carbons (Fsp3) is 0.417. The van der Waals surface area contributed by atoms with Gasteiger partial charge < -0.3 is 10.0 Å². The van der Waals surface area contributed by atoms with Gasteiger partial charge in [-0.05, 0) is 25.0 Å². The van der Waals surface area contributed by atoms with E-state index in [0.717, 1.165) is 18.6 Å². The largest absolute Gasteiger partial charge is 0.394 e. The molecular formula is C12H13F2NO2. The second-order valence-corrected chi connectivity index (χ2v) is 4.12. The van der Waals surface area contributed by atoms with E-state index in [4.69, 9.17) is 5.11 Å². The van der Waals surface area contributed by atoms with E-state index in [1.54, 1.807) is 0 Å². The molecule has 17 heavy (non-hydrogen) atoms. The SMILES string of the molecule is O=Cc1cc(F)c(N2CCCC2CO)c(F)c1. The summed E-state index contributed by atoms with van der Waals surface area (Å²) in [5.74, 6) is -1.51. The lowest BCUT2D eigenvalue weighted by Crippen LogP contribution is -2.33. The monoisotopic (exact) mass is 241 g/mol. The van der Waals surface area contributed by atoms with Crippen molar-refractivity contribution in [2.24, 2.45) is 0 Å². The molecule has 5 heteroatoms. The molecule has 0 amide bonds. The topological polar surface area (TPSA) is 40.5 Å². The quantitative estimate of drug-likeness (QED) is 0.819. The number of aldehydes is 1. The van der Waals surface area contributed by atoms with Gasteiger partial charge in [0.05, 0.1) is 12.6 Å². The fourth-order valence-electron chi connectivity index (χ4n) is 2.25. The molecule has 0 aliphatic carbocycles. The molecule has 1 aromatic rings. The predicted octanol–water partition coefficient (Wildman–Crippen LogP) is 1.74. The molecule has 1 unspecified atom stereocenters. The maximum absolute atomic E-state index is 13.7. The van der Waals surface area contributed by atoms with Crippen molar-refractivity contribution < 1.29 is 18.7 Å². The third-order valence-electron chi connectivity index (χ3n) is 3.05. The van der Waals surface area contributed by atoms with Gasteiger partial charge in [0, 0.05) is 12.1 Å². The molecule has 1 aromatic carbocycles. The van der Waals surface area contributed by atoms with Crippen molar-refractivity contribution >= 4 is 12.0 Å². The number of aliphatic hydroxyl groups is 1. The van der Waals surface area contributed by atoms with E-state index < -0.39 is 11.6 Å². The Bertz CT molecular complexity index is 414. The van der Waals surface area contributed by atoms with Gasteiger partial charge in [-0.2, -0.15) is 0 Å². The van der Waals surface area contributed by atoms with Crippen molar-refractivity contribution in [2.45, 2.75) is 18.9 Å². The molecule has 1 N–H and O–H groups in total. The Morgan fingerprint density at radius 2 is 2.06 bits per heavy atom. The molecule has 0 radical (unpaired) electrons. The Morgan fingerprint density at radius 3 is 2.59 bits per heavy atom. The highest BCUT2D eigenvalue weighted by Gasteiger charge is 2.28. The van der Waals surface area contributed by atoms with E-state index in [-0.39, 0.29) is 23.9 Å². The Hall–Kier alpha value is -1.49. The third-order valence-corrected chi connectivity index (χ3v) is 3.05. The molecule has 1 fully saturated rings. The smallest absolute Gasteiger partial charge is 0.150 e. The molecular weight excluding hydrogens is 228 g/mol. The number of hydrogen-bond donors (Lipinski definition) is 1. The Balaban J connectivity index is 2.41. The average Bonchev–Trinajstić information content (AvgIpc) is 2.76. The van der Waals surface area contributed by atoms with E-state index in [2.05, 4.69) is 0 Å². The van der Waals surface area contributed by atoms with Gasteiger partial charge in [0.15, 0.2) is 0 Å². The summed E-state index contributed by atoms with van der Waals surface area (Å²) >= 11 is 0. The number of rotatable bonds is 3. The van der Waals surface area contributed by atoms with Gasteiger partial charge in [-0.25, -0.2) is 8.78 Å². The van der Waals surface area contributed by atoms with Crippen LogP contribution in [0.1, 0.15) is 23.2 Å². The molecule has 1 saturated heterocycles. The van der Waals surface area contributed by atoms with Crippen LogP contribution in [-0.2, 0) is 0 Å². The standard InChI is InChI=1S/C12H13F2NO2/c13-10-4-8(6-16)5-11(14)12(10)15-3-1-2-9(15)7-17/h4-6,9,17H,1-3,7H2. The summed E-state index contributed by atoms with van der Waals surface area (Å²) in [5, 5.41) is 9.14. The normalized spacial score (nSPS) is 19.7. The zero-order chi connectivity index (χ0) is 12.4. The van der Waals surface area contributed by atoms with Crippen molar-refractivity contribution in [1.82, 2.24) is 0 Å². The molecule has 0 spiro atoms. The molecule has 3 nitrogen and oxygen atoms in total. The molecule has 0 saturated carbocycles. The highest BCUT2D eigenvalue weighted by Crippen LogP contribution is 2.30. The molecule has 1 aliphatic rings. The summed E-state index contributed by atoms with van der Waals surface area (Å²) in [6.07, 6.45) is 1.91. The van der Waals surface area contributed by atoms with Crippen LogP contribution in [0.5, 0.6) is 0 Å². The van der Waals surface area contributed by atoms with Gasteiger partial charge >= 0.3 is 0 Å². The zero-order valence-corrected chi connectivity index (χ0v) is 9.20. The first-order valence-corrected chi connectivity index (χ1v) is 5.49. The number of hydrogen-bond acceptors (Lipinski definition) is 3. The van der Waals surface area contributed by atoms with Gasteiger partial charge in [-0.1, -0.05) is 0 Å². The number of nitrogens with zero attached hydrogens (tertiary/aromatic N) is 1. The number of aliphatic hydroxyl groups excluding tert-OH is 1. The molecule has 92 valence electrons. The molecule has 1 atom stereocenters. The van der Waals surface area contributed by atoms with Gasteiger partial charge in [0.25, 0.3) is 0 Å². The lowest BCUT2D eigenvalue weighted by molar-refractivity contribution is 0.112. The number of benzene rings is 1. The Morgan fingerprint density at radius 1 is 1.41 bits per heavy atom. The maximum Gasteiger partial charge on any atom is 0.150 e. The highest BCUT2D eigenvalue weighted by atomic mass is 19.1. The Labute approximate surface area is 97.7 Å². The van der Waals surface area contributed by atoms with Crippen LogP contribution in [0.2, 0.25) is 0 Å². The van der Waals surface area contributed by atoms with Crippen molar-refractivity contribution in [3.63, 3.8) is 0 Å². The van der Waals surface area contributed by atoms with Crippen molar-refractivity contribution in [2.75, 3.05) is 18.1 Å². The second kappa shape index (κ2) is 4.79. The summed E-state index contributed by atoms with van der Waals surface area (Å²) in [6, 6.07) is 1.78. The van der Waals surface area contributed by atoms with Crippen molar-refractivity contribution in [1.29, 1.82) is 0 Å². The van der Waals surface area contributed by atoms with Gasteiger partial charge in [0.2, 0.25) is 0 Å². The number of halogens is 2. The van der Waals surface area contributed by atoms with Crippen LogP contribution in [0.25, 0.3) is 0 Å². The van der Waals surface area contributed by atoms with Crippen molar-refractivity contribution in [3.05, 3.63) is 29.3 Å². The van der Waals surface area contributed by atoms with Crippen LogP contribution in [-0.4, -0.2) is 30.6 Å². The lowest BCUT2D eigenvalue weighted by Gasteiger charge is -2.26. The van der Waals surface area contributed by atoms with Crippen LogP contribution in [0.3, 0.4) is 0 Å². The number of anilines is 1. The third kappa shape index (κ3) is 2.15. The first kappa shape index (κ1) is 12.0. The summed E-state index contributed by atoms with van der Waals surface area (Å²) in [5.41, 5.74) is -0.171. The first-order valence-electron chi connectivity index (χ1n) is 5.49. The second-order valence-electron chi connectivity index (χ2n) is 4.12. The van der Waals surface area contributed by atoms with E-state index in [1.165, 1.54) is 4.90 Å². The summed E-state index contributed by atoms with van der Waals surface area (Å²) in [4.78, 5) is 12.0. The maximum atomic E-state index is 13.7. The van der Waals surface area contributed by atoms with Crippen molar-refractivity contribution in [3.8, 4) is 0 Å². The van der Waals surface area contributed by atoms with Crippen LogP contribution in [0, 0.1) is 11.6 Å². The molecule has 0 bridgehead atoms. The Kier molecular flexibility index (Phi) is 3.38. The van der Waals surface area contributed by atoms with Crippen LogP contribution >= 0.6 is 0 Å². The van der Waals surface area contributed by atoms with Crippen LogP contribution in [0.15, 0.2) is 12.1 Å². The zero-order valence-electron chi connectivity index (χ0n) is 9.20. The fourth-order valence-corrected chi connectivity index (χ4v) is 2.25. The lowest BCUT2D eigenvalue weighted by atomic mass is 10.1. The average molecular weight is 241 g/mol. The van der Waals surface area contributed by atoms with E-state index in [9.17, 15) is 13.6 Å². The van der Waals surface area contributed by atoms with Crippen LogP contribution < -0.4 is 4.90 Å². The first-order chi connectivity index (χ1) is 8.17. The molecule has 2 rings (SSSR count). The van der Waals surface area contributed by atoms with Gasteiger partial charge in [-0.15, -0.1) is 0 Å². The number of carbonyl (C=O) groups is 1. The summed E-state index contributed by atoms with van der Waals surface area (Å²) < 4.78 is 27.5. The van der Waals surface area contributed by atoms with E-state index in [1.807, 2.05) is 0 Å². The van der Waals surface area contributed by atoms with Crippen LogP contribution in [0.4, 0.5) is 14.5 Å². The van der Waals surface area contributed by atoms with E-state index in [0.29, 0.717) is 19.3 Å². The summed E-state index contributed by atoms with van der Waals surface area (Å²) in [6.45, 7) is 0.383. The van der Waals surface area contributed by atoms with Gasteiger partial charge in [-0.3, -0.25) is 4.79 Å². The van der Waals surface area contributed by atoms with E-state index >= 15 is 0 Å². The highest BCUT2D eigenvalue weighted by molar-refractivity contribution is 5.76. The minimum atomic E-state index is -0.757. The molecule has 1 aliphatic heterocycles. The molecule has 0 aromatic heterocycles.